The van der Waals surface area contributed by atoms with Crippen molar-refractivity contribution in [1.82, 2.24) is 4.90 Å². The van der Waals surface area contributed by atoms with Crippen LogP contribution >= 0.6 is 0 Å². The van der Waals surface area contributed by atoms with Crippen LogP contribution < -0.4 is 0 Å². The Bertz CT molecular complexity index is 616. The van der Waals surface area contributed by atoms with Gasteiger partial charge in [0.2, 0.25) is 0 Å². The first kappa shape index (κ1) is 18.6. The molecule has 5 heteroatoms. The van der Waals surface area contributed by atoms with Gasteiger partial charge in [-0.15, -0.1) is 6.58 Å². The average molecular weight is 357 g/mol. The van der Waals surface area contributed by atoms with E-state index in [1.807, 2.05) is 36.4 Å². The number of benzene rings is 1. The number of Topliss-reactive ketones (excluding diaryl/α,β-unsaturated/α-hetero) is 1. The molecule has 2 atom stereocenters. The van der Waals surface area contributed by atoms with Crippen LogP contribution in [-0.4, -0.2) is 42.1 Å². The third kappa shape index (κ3) is 4.52. The van der Waals surface area contributed by atoms with Gasteiger partial charge in [-0.25, -0.2) is 4.79 Å². The van der Waals surface area contributed by atoms with E-state index < -0.39 is 0 Å². The molecular weight excluding hydrogens is 330 g/mol. The Kier molecular flexibility index (Phi) is 6.45. The molecule has 2 fully saturated rings. The zero-order chi connectivity index (χ0) is 18.4. The molecule has 1 aromatic carbocycles. The first-order valence-corrected chi connectivity index (χ1v) is 9.39. The molecule has 2 bridgehead atoms. The van der Waals surface area contributed by atoms with Crippen molar-refractivity contribution >= 4 is 11.9 Å². The molecule has 0 radical (unpaired) electrons. The van der Waals surface area contributed by atoms with Crippen LogP contribution in [0.15, 0.2) is 43.0 Å². The number of morpholine rings is 1. The maximum Gasteiger partial charge on any atom is 0.410 e. The third-order valence-electron chi connectivity index (χ3n) is 5.22. The van der Waals surface area contributed by atoms with Gasteiger partial charge >= 0.3 is 6.09 Å². The normalized spacial score (nSPS) is 24.8. The molecule has 26 heavy (non-hydrogen) atoms. The summed E-state index contributed by atoms with van der Waals surface area (Å²) in [4.78, 5) is 26.9. The predicted molar refractivity (Wildman–Crippen MR) is 98.6 cm³/mol. The minimum atomic E-state index is -0.301. The Hall–Kier alpha value is -2.14. The molecular formula is C21H27NO4. The summed E-state index contributed by atoms with van der Waals surface area (Å²) in [5, 5.41) is 0. The van der Waals surface area contributed by atoms with Gasteiger partial charge in [-0.1, -0.05) is 36.4 Å². The summed E-state index contributed by atoms with van der Waals surface area (Å²) < 4.78 is 11.1. The largest absolute Gasteiger partial charge is 0.445 e. The maximum absolute atomic E-state index is 12.6. The van der Waals surface area contributed by atoms with Crippen LogP contribution in [0.5, 0.6) is 0 Å². The fourth-order valence-corrected chi connectivity index (χ4v) is 3.89. The molecule has 2 aliphatic rings. The van der Waals surface area contributed by atoms with E-state index in [1.165, 1.54) is 0 Å². The summed E-state index contributed by atoms with van der Waals surface area (Å²) in [6.45, 7) is 4.92. The molecule has 1 aromatic rings. The van der Waals surface area contributed by atoms with Gasteiger partial charge in [-0.05, 0) is 31.2 Å². The van der Waals surface area contributed by atoms with Crippen LogP contribution in [0, 0.1) is 5.92 Å². The highest BCUT2D eigenvalue weighted by atomic mass is 16.6. The number of carbonyl (C=O) groups is 2. The van der Waals surface area contributed by atoms with Crippen LogP contribution in [-0.2, 0) is 20.9 Å². The highest BCUT2D eigenvalue weighted by molar-refractivity contribution is 5.81. The van der Waals surface area contributed by atoms with E-state index in [1.54, 1.807) is 4.90 Å². The van der Waals surface area contributed by atoms with Gasteiger partial charge in [0, 0.05) is 12.3 Å². The number of piperidine rings is 1. The average Bonchev–Trinajstić information content (AvgIpc) is 2.66. The van der Waals surface area contributed by atoms with E-state index in [2.05, 4.69) is 6.58 Å². The van der Waals surface area contributed by atoms with Gasteiger partial charge in [-0.3, -0.25) is 9.69 Å². The quantitative estimate of drug-likeness (QED) is 0.551. The van der Waals surface area contributed by atoms with Crippen LogP contribution in [0.3, 0.4) is 0 Å². The van der Waals surface area contributed by atoms with Crippen LogP contribution in [0.4, 0.5) is 4.79 Å². The zero-order valence-corrected chi connectivity index (χ0v) is 15.1. The second kappa shape index (κ2) is 8.99. The van der Waals surface area contributed by atoms with Gasteiger partial charge < -0.3 is 9.47 Å². The minimum Gasteiger partial charge on any atom is -0.445 e. The molecule has 2 heterocycles. The van der Waals surface area contributed by atoms with Crippen molar-refractivity contribution in [2.45, 2.75) is 50.8 Å². The van der Waals surface area contributed by atoms with E-state index in [0.29, 0.717) is 38.3 Å². The van der Waals surface area contributed by atoms with E-state index in [9.17, 15) is 9.59 Å². The van der Waals surface area contributed by atoms with Crippen LogP contribution in [0.1, 0.15) is 37.7 Å². The summed E-state index contributed by atoms with van der Waals surface area (Å²) in [5.74, 6) is 0.331. The number of ketones is 1. The smallest absolute Gasteiger partial charge is 0.410 e. The number of allylic oxidation sites excluding steroid dienone is 1. The monoisotopic (exact) mass is 357 g/mol. The molecule has 2 saturated heterocycles. The molecule has 0 aromatic heterocycles. The van der Waals surface area contributed by atoms with Crippen LogP contribution in [0.25, 0.3) is 0 Å². The molecule has 2 aliphatic heterocycles. The predicted octanol–water partition coefficient (Wildman–Crippen LogP) is 3.73. The first-order chi connectivity index (χ1) is 12.7. The number of carbonyl (C=O) groups excluding carboxylic acids is 2. The number of unbranched alkanes of at least 4 members (excludes halogenated alkanes) is 1. The molecule has 0 saturated carbocycles. The first-order valence-electron chi connectivity index (χ1n) is 9.39. The van der Waals surface area contributed by atoms with E-state index in [4.69, 9.17) is 9.47 Å². The van der Waals surface area contributed by atoms with Gasteiger partial charge in [0.25, 0.3) is 0 Å². The second-order valence-electron chi connectivity index (χ2n) is 7.11. The van der Waals surface area contributed by atoms with Crippen molar-refractivity contribution in [1.29, 1.82) is 0 Å². The van der Waals surface area contributed by atoms with Crippen molar-refractivity contribution < 1.29 is 19.1 Å². The number of rotatable bonds is 7. The SMILES string of the molecule is C=CCCCC(=O)C1CC2COCC(C1)N2C(=O)OCc1ccccc1. The topological polar surface area (TPSA) is 55.8 Å². The standard InChI is InChI=1S/C21H27NO4/c1-2-3-5-10-20(23)17-11-18-14-25-15-19(12-17)22(18)21(24)26-13-16-8-6-4-7-9-16/h2,4,6-9,17-19H,1,3,5,10-15H2. The summed E-state index contributed by atoms with van der Waals surface area (Å²) in [6, 6.07) is 9.52. The molecule has 2 unspecified atom stereocenters. The number of nitrogens with zero attached hydrogens (tertiary/aromatic N) is 1. The molecule has 1 amide bonds. The lowest BCUT2D eigenvalue weighted by Crippen LogP contribution is -2.59. The fraction of sp³-hybridized carbons (Fsp3) is 0.524. The number of fused-ring (bicyclic) bond motifs is 2. The summed E-state index contributed by atoms with van der Waals surface area (Å²) in [6.07, 6.45) is 5.20. The second-order valence-corrected chi connectivity index (χ2v) is 7.11. The van der Waals surface area contributed by atoms with Crippen molar-refractivity contribution in [2.24, 2.45) is 5.92 Å². The Morgan fingerprint density at radius 2 is 1.88 bits per heavy atom. The Morgan fingerprint density at radius 1 is 1.19 bits per heavy atom. The summed E-state index contributed by atoms with van der Waals surface area (Å²) in [5.41, 5.74) is 0.967. The van der Waals surface area contributed by atoms with Crippen molar-refractivity contribution in [2.75, 3.05) is 13.2 Å². The molecule has 140 valence electrons. The third-order valence-corrected chi connectivity index (χ3v) is 5.22. The summed E-state index contributed by atoms with van der Waals surface area (Å²) in [7, 11) is 0. The highest BCUT2D eigenvalue weighted by Crippen LogP contribution is 2.33. The van der Waals surface area contributed by atoms with Crippen LogP contribution in [0.2, 0.25) is 0 Å². The number of ether oxygens (including phenoxy) is 2. The van der Waals surface area contributed by atoms with Gasteiger partial charge in [0.05, 0.1) is 25.3 Å². The number of hydrogen-bond donors (Lipinski definition) is 0. The Balaban J connectivity index is 1.57. The van der Waals surface area contributed by atoms with Gasteiger partial charge in [-0.2, -0.15) is 0 Å². The van der Waals surface area contributed by atoms with Crippen molar-refractivity contribution in [3.05, 3.63) is 48.6 Å². The fourth-order valence-electron chi connectivity index (χ4n) is 3.89. The molecule has 3 rings (SSSR count). The zero-order valence-electron chi connectivity index (χ0n) is 15.1. The number of amides is 1. The van der Waals surface area contributed by atoms with Crippen molar-refractivity contribution in [3.63, 3.8) is 0 Å². The molecule has 0 aliphatic carbocycles. The van der Waals surface area contributed by atoms with Gasteiger partial charge in [0.1, 0.15) is 12.4 Å². The van der Waals surface area contributed by atoms with Gasteiger partial charge in [0.15, 0.2) is 0 Å². The van der Waals surface area contributed by atoms with E-state index >= 15 is 0 Å². The van der Waals surface area contributed by atoms with Crippen molar-refractivity contribution in [3.8, 4) is 0 Å². The minimum absolute atomic E-state index is 0.0249. The Morgan fingerprint density at radius 3 is 2.54 bits per heavy atom. The lowest BCUT2D eigenvalue weighted by atomic mass is 9.81. The maximum atomic E-state index is 12.6. The molecule has 0 N–H and O–H groups in total. The lowest BCUT2D eigenvalue weighted by molar-refractivity contribution is -0.131. The number of hydrogen-bond acceptors (Lipinski definition) is 4. The molecule has 5 nitrogen and oxygen atoms in total. The molecule has 0 spiro atoms. The van der Waals surface area contributed by atoms with E-state index in [0.717, 1.165) is 18.4 Å². The lowest BCUT2D eigenvalue weighted by Gasteiger charge is -2.47. The van der Waals surface area contributed by atoms with E-state index in [-0.39, 0.29) is 30.7 Å². The Labute approximate surface area is 155 Å². The highest BCUT2D eigenvalue weighted by Gasteiger charge is 2.44. The summed E-state index contributed by atoms with van der Waals surface area (Å²) >= 11 is 0.